The maximum Gasteiger partial charge on any atom is 0.416 e. The number of benzene rings is 3. The van der Waals surface area contributed by atoms with Crippen LogP contribution in [-0.2, 0) is 11.0 Å². The maximum atomic E-state index is 13.6. The van der Waals surface area contributed by atoms with E-state index in [0.29, 0.717) is 17.8 Å². The van der Waals surface area contributed by atoms with Gasteiger partial charge >= 0.3 is 6.18 Å². The Labute approximate surface area is 229 Å². The van der Waals surface area contributed by atoms with Gasteiger partial charge in [-0.3, -0.25) is 9.59 Å². The highest BCUT2D eigenvalue weighted by molar-refractivity contribution is 5.99. The number of aromatic nitrogens is 2. The fourth-order valence-corrected chi connectivity index (χ4v) is 4.17. The summed E-state index contributed by atoms with van der Waals surface area (Å²) in [5, 5.41) is 7.35. The molecule has 1 N–H and O–H groups in total. The van der Waals surface area contributed by atoms with Crippen LogP contribution in [0.2, 0.25) is 0 Å². The van der Waals surface area contributed by atoms with Gasteiger partial charge in [0.05, 0.1) is 16.9 Å². The summed E-state index contributed by atoms with van der Waals surface area (Å²) in [5.74, 6) is -1.37. The molecule has 10 heteroatoms. The lowest BCUT2D eigenvalue weighted by Crippen LogP contribution is -2.39. The molecule has 3 aromatic carbocycles. The standard InChI is InChI=1S/C30H28F4N4O2/c1-2-3-7-17-37(29(40)22-11-8-12-23(18-22)30(32,33)34)20-28(39)35-27-19-26(21-9-5-4-6-10-21)36-38(27)25-15-13-24(31)14-16-25/h4-6,8-16,18-19H,2-3,7,17,20H2,1H3,(H,35,39). The van der Waals surface area contributed by atoms with E-state index in [1.54, 1.807) is 6.07 Å². The zero-order chi connectivity index (χ0) is 28.7. The molecule has 2 amide bonds. The van der Waals surface area contributed by atoms with Crippen LogP contribution in [0.5, 0.6) is 0 Å². The molecular weight excluding hydrogens is 524 g/mol. The third-order valence-electron chi connectivity index (χ3n) is 6.21. The average Bonchev–Trinajstić information content (AvgIpc) is 3.36. The molecule has 0 bridgehead atoms. The van der Waals surface area contributed by atoms with Gasteiger partial charge in [0, 0.05) is 23.7 Å². The Morgan fingerprint density at radius 3 is 2.33 bits per heavy atom. The van der Waals surface area contributed by atoms with Gasteiger partial charge in [0.1, 0.15) is 18.2 Å². The predicted molar refractivity (Wildman–Crippen MR) is 144 cm³/mol. The molecule has 0 unspecified atom stereocenters. The summed E-state index contributed by atoms with van der Waals surface area (Å²) in [6, 6.07) is 20.7. The largest absolute Gasteiger partial charge is 0.416 e. The molecule has 6 nitrogen and oxygen atoms in total. The van der Waals surface area contributed by atoms with Crippen molar-refractivity contribution in [1.29, 1.82) is 0 Å². The summed E-state index contributed by atoms with van der Waals surface area (Å²) in [6.45, 7) is 1.80. The van der Waals surface area contributed by atoms with Gasteiger partial charge in [-0.2, -0.15) is 18.3 Å². The second kappa shape index (κ2) is 12.6. The average molecular weight is 553 g/mol. The molecule has 0 atom stereocenters. The quantitative estimate of drug-likeness (QED) is 0.171. The number of halogens is 4. The first-order valence-electron chi connectivity index (χ1n) is 12.8. The first-order chi connectivity index (χ1) is 19.2. The lowest BCUT2D eigenvalue weighted by atomic mass is 10.1. The molecule has 0 spiro atoms. The number of anilines is 1. The molecule has 208 valence electrons. The van der Waals surface area contributed by atoms with Crippen molar-refractivity contribution in [3.05, 3.63) is 102 Å². The molecule has 0 radical (unpaired) electrons. The SMILES string of the molecule is CCCCCN(CC(=O)Nc1cc(-c2ccccc2)nn1-c1ccc(F)cc1)C(=O)c1cccc(C(F)(F)F)c1. The van der Waals surface area contributed by atoms with Crippen molar-refractivity contribution in [3.8, 4) is 16.9 Å². The number of amides is 2. The molecule has 4 rings (SSSR count). The van der Waals surface area contributed by atoms with Gasteiger partial charge in [-0.25, -0.2) is 9.07 Å². The molecule has 1 aromatic heterocycles. The highest BCUT2D eigenvalue weighted by Gasteiger charge is 2.31. The fourth-order valence-electron chi connectivity index (χ4n) is 4.17. The van der Waals surface area contributed by atoms with E-state index >= 15 is 0 Å². The summed E-state index contributed by atoms with van der Waals surface area (Å²) in [7, 11) is 0. The molecule has 0 saturated carbocycles. The van der Waals surface area contributed by atoms with Gasteiger partial charge in [-0.15, -0.1) is 0 Å². The van der Waals surface area contributed by atoms with E-state index in [9.17, 15) is 27.2 Å². The Morgan fingerprint density at radius 2 is 1.65 bits per heavy atom. The van der Waals surface area contributed by atoms with Crippen LogP contribution >= 0.6 is 0 Å². The Hall–Kier alpha value is -4.47. The van der Waals surface area contributed by atoms with Gasteiger partial charge < -0.3 is 10.2 Å². The van der Waals surface area contributed by atoms with Crippen LogP contribution in [0, 0.1) is 5.82 Å². The number of carbonyl (C=O) groups is 2. The van der Waals surface area contributed by atoms with Crippen molar-refractivity contribution in [3.63, 3.8) is 0 Å². The first kappa shape index (κ1) is 28.5. The van der Waals surface area contributed by atoms with Gasteiger partial charge in [0.15, 0.2) is 0 Å². The molecule has 4 aromatic rings. The number of hydrogen-bond acceptors (Lipinski definition) is 3. The van der Waals surface area contributed by atoms with E-state index in [0.717, 1.165) is 30.5 Å². The Morgan fingerprint density at radius 1 is 0.925 bits per heavy atom. The number of carbonyl (C=O) groups excluding carboxylic acids is 2. The van der Waals surface area contributed by atoms with Crippen molar-refractivity contribution < 1.29 is 27.2 Å². The van der Waals surface area contributed by atoms with Gasteiger partial charge in [0.25, 0.3) is 5.91 Å². The second-order valence-corrected chi connectivity index (χ2v) is 9.23. The highest BCUT2D eigenvalue weighted by atomic mass is 19.4. The lowest BCUT2D eigenvalue weighted by molar-refractivity contribution is -0.137. The minimum atomic E-state index is -4.60. The first-order valence-corrected chi connectivity index (χ1v) is 12.8. The van der Waals surface area contributed by atoms with Crippen LogP contribution in [0.15, 0.2) is 84.9 Å². The number of unbranched alkanes of at least 4 members (excludes halogenated alkanes) is 2. The topological polar surface area (TPSA) is 67.2 Å². The van der Waals surface area contributed by atoms with E-state index in [4.69, 9.17) is 0 Å². The van der Waals surface area contributed by atoms with E-state index < -0.39 is 29.4 Å². The summed E-state index contributed by atoms with van der Waals surface area (Å²) >= 11 is 0. The normalized spacial score (nSPS) is 11.3. The van der Waals surface area contributed by atoms with Crippen LogP contribution in [0.25, 0.3) is 16.9 Å². The molecule has 1 heterocycles. The Balaban J connectivity index is 1.60. The zero-order valence-corrected chi connectivity index (χ0v) is 21.8. The smallest absolute Gasteiger partial charge is 0.329 e. The number of nitrogens with one attached hydrogen (secondary N) is 1. The minimum Gasteiger partial charge on any atom is -0.329 e. The number of alkyl halides is 3. The van der Waals surface area contributed by atoms with E-state index in [1.807, 2.05) is 37.3 Å². The van der Waals surface area contributed by atoms with E-state index in [-0.39, 0.29) is 24.5 Å². The molecule has 0 aliphatic heterocycles. The molecule has 0 fully saturated rings. The Bertz CT molecular complexity index is 1450. The van der Waals surface area contributed by atoms with E-state index in [1.165, 1.54) is 46.0 Å². The zero-order valence-electron chi connectivity index (χ0n) is 21.8. The van der Waals surface area contributed by atoms with Crippen molar-refractivity contribution in [2.45, 2.75) is 32.4 Å². The van der Waals surface area contributed by atoms with Crippen molar-refractivity contribution in [2.24, 2.45) is 0 Å². The molecule has 0 saturated heterocycles. The van der Waals surface area contributed by atoms with Crippen LogP contribution in [0.1, 0.15) is 42.1 Å². The van der Waals surface area contributed by atoms with Crippen LogP contribution < -0.4 is 5.32 Å². The van der Waals surface area contributed by atoms with Crippen LogP contribution in [0.3, 0.4) is 0 Å². The van der Waals surface area contributed by atoms with Gasteiger partial charge in [-0.1, -0.05) is 56.2 Å². The lowest BCUT2D eigenvalue weighted by Gasteiger charge is -2.23. The third kappa shape index (κ3) is 7.13. The van der Waals surface area contributed by atoms with Crippen molar-refractivity contribution in [1.82, 2.24) is 14.7 Å². The number of nitrogens with zero attached hydrogens (tertiary/aromatic N) is 3. The van der Waals surface area contributed by atoms with Crippen LogP contribution in [0.4, 0.5) is 23.4 Å². The summed E-state index contributed by atoms with van der Waals surface area (Å²) in [4.78, 5) is 27.7. The van der Waals surface area contributed by atoms with Crippen molar-refractivity contribution >= 4 is 17.6 Å². The molecule has 40 heavy (non-hydrogen) atoms. The Kier molecular flexibility index (Phi) is 8.98. The molecule has 0 aliphatic carbocycles. The molecular formula is C30H28F4N4O2. The summed E-state index contributed by atoms with van der Waals surface area (Å²) in [5.41, 5.74) is 0.758. The summed E-state index contributed by atoms with van der Waals surface area (Å²) in [6.07, 6.45) is -2.38. The monoisotopic (exact) mass is 552 g/mol. The summed E-state index contributed by atoms with van der Waals surface area (Å²) < 4.78 is 54.7. The van der Waals surface area contributed by atoms with E-state index in [2.05, 4.69) is 10.4 Å². The second-order valence-electron chi connectivity index (χ2n) is 9.23. The minimum absolute atomic E-state index is 0.151. The number of rotatable bonds is 10. The molecule has 0 aliphatic rings. The van der Waals surface area contributed by atoms with Gasteiger partial charge in [0.2, 0.25) is 5.91 Å². The maximum absolute atomic E-state index is 13.6. The van der Waals surface area contributed by atoms with Gasteiger partial charge in [-0.05, 0) is 48.9 Å². The third-order valence-corrected chi connectivity index (χ3v) is 6.21. The van der Waals surface area contributed by atoms with Crippen LogP contribution in [-0.4, -0.2) is 39.6 Å². The predicted octanol–water partition coefficient (Wildman–Crippen LogP) is 6.97. The fraction of sp³-hybridized carbons (Fsp3) is 0.233. The number of hydrogen-bond donors (Lipinski definition) is 1. The highest BCUT2D eigenvalue weighted by Crippen LogP contribution is 2.30. The van der Waals surface area contributed by atoms with Crippen molar-refractivity contribution in [2.75, 3.05) is 18.4 Å².